The second-order valence-corrected chi connectivity index (χ2v) is 6.49. The molecule has 0 aliphatic carbocycles. The molecule has 8 heteroatoms. The average Bonchev–Trinajstić information content (AvgIpc) is 2.87. The van der Waals surface area contributed by atoms with E-state index in [4.69, 9.17) is 21.1 Å². The van der Waals surface area contributed by atoms with Crippen LogP contribution < -0.4 is 4.72 Å². The lowest BCUT2D eigenvalue weighted by molar-refractivity contribution is -0.0120. The molecule has 1 unspecified atom stereocenters. The third kappa shape index (κ3) is 3.43. The first kappa shape index (κ1) is 14.7. The maximum Gasteiger partial charge on any atom is 0.242 e. The van der Waals surface area contributed by atoms with Gasteiger partial charge in [0.1, 0.15) is 15.6 Å². The fourth-order valence-corrected chi connectivity index (χ4v) is 2.96. The number of ether oxygens (including phenoxy) is 2. The molecule has 0 amide bonds. The molecule has 2 heterocycles. The van der Waals surface area contributed by atoms with Gasteiger partial charge in [-0.2, -0.15) is 0 Å². The second kappa shape index (κ2) is 5.72. The van der Waals surface area contributed by atoms with Gasteiger partial charge in [0.05, 0.1) is 6.61 Å². The van der Waals surface area contributed by atoms with Crippen molar-refractivity contribution in [1.29, 1.82) is 0 Å². The quantitative estimate of drug-likeness (QED) is 0.815. The van der Waals surface area contributed by atoms with Gasteiger partial charge in [0.25, 0.3) is 0 Å². The molecule has 1 fully saturated rings. The highest BCUT2D eigenvalue weighted by atomic mass is 35.5. The summed E-state index contributed by atoms with van der Waals surface area (Å²) in [5, 5.41) is 0.247. The molecule has 106 valence electrons. The van der Waals surface area contributed by atoms with Gasteiger partial charge < -0.3 is 9.47 Å². The summed E-state index contributed by atoms with van der Waals surface area (Å²) in [5.74, 6) is 0. The Balaban J connectivity index is 2.07. The first-order valence-electron chi connectivity index (χ1n) is 5.72. The van der Waals surface area contributed by atoms with Crippen LogP contribution >= 0.6 is 11.6 Å². The lowest BCUT2D eigenvalue weighted by atomic mass is 10.0. The number of nitrogens with one attached hydrogen (secondary N) is 1. The van der Waals surface area contributed by atoms with Crippen LogP contribution in [0, 0.1) is 0 Å². The third-order valence-corrected chi connectivity index (χ3v) is 4.71. The summed E-state index contributed by atoms with van der Waals surface area (Å²) < 4.78 is 37.3. The molecule has 0 spiro atoms. The first-order chi connectivity index (χ1) is 8.97. The highest BCUT2D eigenvalue weighted by Crippen LogP contribution is 2.22. The highest BCUT2D eigenvalue weighted by molar-refractivity contribution is 7.89. The van der Waals surface area contributed by atoms with Crippen LogP contribution in [0.1, 0.15) is 6.42 Å². The topological polar surface area (TPSA) is 77.5 Å². The fourth-order valence-electron chi connectivity index (χ4n) is 1.79. The van der Waals surface area contributed by atoms with E-state index in [1.807, 2.05) is 0 Å². The Bertz CT molecular complexity index is 526. The van der Waals surface area contributed by atoms with Crippen molar-refractivity contribution in [3.05, 3.63) is 23.5 Å². The van der Waals surface area contributed by atoms with E-state index in [2.05, 4.69) is 9.71 Å². The smallest absolute Gasteiger partial charge is 0.242 e. The maximum absolute atomic E-state index is 12.1. The largest absolute Gasteiger partial charge is 0.378 e. The van der Waals surface area contributed by atoms with Gasteiger partial charge in [-0.1, -0.05) is 11.6 Å². The summed E-state index contributed by atoms with van der Waals surface area (Å²) in [6.07, 6.45) is 1.88. The molecule has 1 N–H and O–H groups in total. The van der Waals surface area contributed by atoms with E-state index in [0.29, 0.717) is 19.6 Å². The van der Waals surface area contributed by atoms with Crippen molar-refractivity contribution >= 4 is 21.6 Å². The molecular formula is C11H15ClN2O4S. The van der Waals surface area contributed by atoms with Crippen LogP contribution in [0.4, 0.5) is 0 Å². The van der Waals surface area contributed by atoms with Gasteiger partial charge in [-0.05, 0) is 12.1 Å². The van der Waals surface area contributed by atoms with Gasteiger partial charge in [-0.15, -0.1) is 0 Å². The number of aromatic nitrogens is 1. The number of rotatable bonds is 5. The Morgan fingerprint density at radius 1 is 1.58 bits per heavy atom. The number of pyridine rings is 1. The van der Waals surface area contributed by atoms with Gasteiger partial charge in [-0.3, -0.25) is 0 Å². The lowest BCUT2D eigenvalue weighted by Crippen LogP contribution is -2.44. The minimum atomic E-state index is -3.62. The van der Waals surface area contributed by atoms with Crippen LogP contribution in [0.5, 0.6) is 0 Å². The van der Waals surface area contributed by atoms with Crippen molar-refractivity contribution in [1.82, 2.24) is 9.71 Å². The van der Waals surface area contributed by atoms with Crippen molar-refractivity contribution < 1.29 is 17.9 Å². The maximum atomic E-state index is 12.1. The second-order valence-electron chi connectivity index (χ2n) is 4.33. The van der Waals surface area contributed by atoms with Crippen LogP contribution in [0.15, 0.2) is 23.2 Å². The minimum absolute atomic E-state index is 0.0714. The van der Waals surface area contributed by atoms with Gasteiger partial charge in [-0.25, -0.2) is 18.1 Å². The van der Waals surface area contributed by atoms with Crippen LogP contribution in [0.3, 0.4) is 0 Å². The number of hydrogen-bond donors (Lipinski definition) is 1. The molecule has 0 radical (unpaired) electrons. The van der Waals surface area contributed by atoms with E-state index in [0.717, 1.165) is 0 Å². The van der Waals surface area contributed by atoms with E-state index in [9.17, 15) is 8.42 Å². The van der Waals surface area contributed by atoms with Crippen molar-refractivity contribution in [3.63, 3.8) is 0 Å². The van der Waals surface area contributed by atoms with Gasteiger partial charge in [0.2, 0.25) is 10.0 Å². The zero-order valence-corrected chi connectivity index (χ0v) is 12.0. The zero-order chi connectivity index (χ0) is 13.9. The van der Waals surface area contributed by atoms with Crippen molar-refractivity contribution in [3.8, 4) is 0 Å². The summed E-state index contributed by atoms with van der Waals surface area (Å²) in [4.78, 5) is 3.82. The van der Waals surface area contributed by atoms with E-state index in [1.54, 1.807) is 7.11 Å². The molecule has 19 heavy (non-hydrogen) atoms. The van der Waals surface area contributed by atoms with Crippen LogP contribution in [0.25, 0.3) is 0 Å². The summed E-state index contributed by atoms with van der Waals surface area (Å²) in [6, 6.07) is 2.84. The summed E-state index contributed by atoms with van der Waals surface area (Å²) in [5.41, 5.74) is -0.590. The van der Waals surface area contributed by atoms with Crippen LogP contribution in [-0.2, 0) is 19.5 Å². The molecule has 1 aromatic rings. The van der Waals surface area contributed by atoms with E-state index in [-0.39, 0.29) is 16.6 Å². The molecular weight excluding hydrogens is 292 g/mol. The molecule has 1 saturated heterocycles. The molecule has 1 aliphatic heterocycles. The Labute approximate surface area is 117 Å². The van der Waals surface area contributed by atoms with E-state index < -0.39 is 15.6 Å². The molecule has 1 aromatic heterocycles. The molecule has 0 bridgehead atoms. The summed E-state index contributed by atoms with van der Waals surface area (Å²) in [6.45, 7) is 1.11. The van der Waals surface area contributed by atoms with E-state index >= 15 is 0 Å². The summed E-state index contributed by atoms with van der Waals surface area (Å²) in [7, 11) is -2.07. The Morgan fingerprint density at radius 3 is 2.89 bits per heavy atom. The number of hydrogen-bond acceptors (Lipinski definition) is 5. The minimum Gasteiger partial charge on any atom is -0.378 e. The van der Waals surface area contributed by atoms with Gasteiger partial charge in [0, 0.05) is 32.9 Å². The van der Waals surface area contributed by atoms with Crippen LogP contribution in [-0.4, -0.2) is 45.9 Å². The zero-order valence-electron chi connectivity index (χ0n) is 10.4. The lowest BCUT2D eigenvalue weighted by Gasteiger charge is -2.25. The van der Waals surface area contributed by atoms with Crippen molar-refractivity contribution in [2.75, 3.05) is 26.9 Å². The Kier molecular flexibility index (Phi) is 4.42. The normalized spacial score (nSPS) is 23.7. The first-order valence-corrected chi connectivity index (χ1v) is 7.58. The molecule has 0 saturated carbocycles. The standard InChI is InChI=1S/C11H15ClN2O4S/c1-17-11(4-5-18-8-11)7-14-19(15,16)9-2-3-10(12)13-6-9/h2-3,6,14H,4-5,7-8H2,1H3. The third-order valence-electron chi connectivity index (χ3n) is 3.10. The molecule has 6 nitrogen and oxygen atoms in total. The average molecular weight is 307 g/mol. The van der Waals surface area contributed by atoms with Gasteiger partial charge >= 0.3 is 0 Å². The molecule has 1 aliphatic rings. The van der Waals surface area contributed by atoms with E-state index in [1.165, 1.54) is 18.3 Å². The number of sulfonamides is 1. The predicted molar refractivity (Wildman–Crippen MR) is 69.6 cm³/mol. The summed E-state index contributed by atoms with van der Waals surface area (Å²) >= 11 is 5.62. The predicted octanol–water partition coefficient (Wildman–Crippen LogP) is 0.819. The van der Waals surface area contributed by atoms with Crippen molar-refractivity contribution in [2.24, 2.45) is 0 Å². The van der Waals surface area contributed by atoms with Gasteiger partial charge in [0.15, 0.2) is 0 Å². The highest BCUT2D eigenvalue weighted by Gasteiger charge is 2.36. The number of halogens is 1. The molecule has 0 aromatic carbocycles. The Morgan fingerprint density at radius 2 is 2.37 bits per heavy atom. The van der Waals surface area contributed by atoms with Crippen molar-refractivity contribution in [2.45, 2.75) is 16.9 Å². The SMILES string of the molecule is COC1(CNS(=O)(=O)c2ccc(Cl)nc2)CCOC1. The fraction of sp³-hybridized carbons (Fsp3) is 0.545. The monoisotopic (exact) mass is 306 g/mol. The number of methoxy groups -OCH3 is 1. The Hall–Kier alpha value is -0.730. The van der Waals surface area contributed by atoms with Crippen LogP contribution in [0.2, 0.25) is 5.15 Å². The molecule has 1 atom stereocenters. The molecule has 2 rings (SSSR count). The number of nitrogens with zero attached hydrogens (tertiary/aromatic N) is 1.